The Kier molecular flexibility index (Phi) is 7.57. The summed E-state index contributed by atoms with van der Waals surface area (Å²) in [5.41, 5.74) is 2.00. The zero-order valence-corrected chi connectivity index (χ0v) is 19.5. The molecule has 0 N–H and O–H groups in total. The molecule has 34 heavy (non-hydrogen) atoms. The van der Waals surface area contributed by atoms with Crippen LogP contribution in [0.25, 0.3) is 0 Å². The number of piperazine rings is 2. The molecule has 2 aliphatic heterocycles. The Balaban J connectivity index is 1.33. The van der Waals surface area contributed by atoms with Crippen LogP contribution in [-0.2, 0) is 27.5 Å². The van der Waals surface area contributed by atoms with Gasteiger partial charge in [-0.05, 0) is 29.7 Å². The summed E-state index contributed by atoms with van der Waals surface area (Å²) in [6.45, 7) is 6.38. The van der Waals surface area contributed by atoms with Crippen molar-refractivity contribution in [1.82, 2.24) is 19.6 Å². The first-order valence-electron chi connectivity index (χ1n) is 11.9. The number of halogens is 1. The lowest BCUT2D eigenvalue weighted by Gasteiger charge is -2.41. The Bertz CT molecular complexity index is 1010. The Labute approximate surface area is 199 Å². The predicted molar refractivity (Wildman–Crippen MR) is 126 cm³/mol. The largest absolute Gasteiger partial charge is 0.338 e. The molecule has 2 aromatic carbocycles. The van der Waals surface area contributed by atoms with E-state index in [1.807, 2.05) is 30.0 Å². The number of rotatable bonds is 7. The third-order valence-corrected chi connectivity index (χ3v) is 6.61. The first-order chi connectivity index (χ1) is 16.5. The zero-order valence-electron chi connectivity index (χ0n) is 19.5. The highest BCUT2D eigenvalue weighted by atomic mass is 19.1. The van der Waals surface area contributed by atoms with Crippen LogP contribution in [-0.4, -0.2) is 82.6 Å². The van der Waals surface area contributed by atoms with Crippen LogP contribution < -0.4 is 0 Å². The molecule has 0 saturated carbocycles. The average Bonchev–Trinajstić information content (AvgIpc) is 2.86. The standard InChI is InChI=1S/C26H31FN4O3/c1-2-23(24(32)29-14-12-28(13-15-29)18-20-6-4-3-5-7-20)31-17-16-30(25(33)26(31)34)19-21-8-10-22(27)11-9-21/h3-11,23H,2,12-19H2,1H3/t23-/m1/s1. The molecule has 0 radical (unpaired) electrons. The second kappa shape index (κ2) is 10.8. The topological polar surface area (TPSA) is 64.2 Å². The van der Waals surface area contributed by atoms with Gasteiger partial charge in [0.15, 0.2) is 0 Å². The molecule has 8 heteroatoms. The third kappa shape index (κ3) is 5.44. The minimum Gasteiger partial charge on any atom is -0.338 e. The number of carbonyl (C=O) groups excluding carboxylic acids is 3. The smallest absolute Gasteiger partial charge is 0.312 e. The average molecular weight is 467 g/mol. The van der Waals surface area contributed by atoms with Crippen molar-refractivity contribution in [3.8, 4) is 0 Å². The summed E-state index contributed by atoms with van der Waals surface area (Å²) in [5, 5.41) is 0. The molecule has 180 valence electrons. The molecule has 0 spiro atoms. The van der Waals surface area contributed by atoms with E-state index in [0.29, 0.717) is 32.6 Å². The minimum absolute atomic E-state index is 0.0880. The molecule has 2 heterocycles. The van der Waals surface area contributed by atoms with E-state index in [1.54, 1.807) is 12.1 Å². The lowest BCUT2D eigenvalue weighted by molar-refractivity contribution is -0.161. The van der Waals surface area contributed by atoms with Crippen LogP contribution in [0.1, 0.15) is 24.5 Å². The first-order valence-corrected chi connectivity index (χ1v) is 11.9. The summed E-state index contributed by atoms with van der Waals surface area (Å²) in [7, 11) is 0. The van der Waals surface area contributed by atoms with E-state index in [4.69, 9.17) is 0 Å². The molecule has 0 unspecified atom stereocenters. The fraction of sp³-hybridized carbons (Fsp3) is 0.423. The van der Waals surface area contributed by atoms with E-state index in [1.165, 1.54) is 27.5 Å². The SMILES string of the molecule is CC[C@H](C(=O)N1CCN(Cc2ccccc2)CC1)N1CCN(Cc2ccc(F)cc2)C(=O)C1=O. The highest BCUT2D eigenvalue weighted by molar-refractivity contribution is 6.35. The van der Waals surface area contributed by atoms with Crippen molar-refractivity contribution in [2.75, 3.05) is 39.3 Å². The number of carbonyl (C=O) groups is 3. The molecule has 2 aliphatic rings. The molecule has 2 saturated heterocycles. The quantitative estimate of drug-likeness (QED) is 0.587. The zero-order chi connectivity index (χ0) is 24.1. The summed E-state index contributed by atoms with van der Waals surface area (Å²) >= 11 is 0. The van der Waals surface area contributed by atoms with Crippen LogP contribution in [0.4, 0.5) is 4.39 Å². The monoisotopic (exact) mass is 466 g/mol. The van der Waals surface area contributed by atoms with Crippen molar-refractivity contribution < 1.29 is 18.8 Å². The van der Waals surface area contributed by atoms with E-state index in [0.717, 1.165) is 25.2 Å². The summed E-state index contributed by atoms with van der Waals surface area (Å²) in [6.07, 6.45) is 0.458. The summed E-state index contributed by atoms with van der Waals surface area (Å²) < 4.78 is 13.2. The fourth-order valence-corrected chi connectivity index (χ4v) is 4.66. The van der Waals surface area contributed by atoms with Gasteiger partial charge in [0.05, 0.1) is 0 Å². The van der Waals surface area contributed by atoms with Crippen molar-refractivity contribution in [3.05, 3.63) is 71.5 Å². The number of hydrogen-bond donors (Lipinski definition) is 0. The molecule has 0 bridgehead atoms. The summed E-state index contributed by atoms with van der Waals surface area (Å²) in [4.78, 5) is 46.0. The summed E-state index contributed by atoms with van der Waals surface area (Å²) in [5.74, 6) is -1.69. The third-order valence-electron chi connectivity index (χ3n) is 6.61. The normalized spacial score (nSPS) is 18.4. The van der Waals surface area contributed by atoms with Gasteiger partial charge in [0, 0.05) is 52.4 Å². The second-order valence-electron chi connectivity index (χ2n) is 8.86. The Morgan fingerprint density at radius 3 is 2.12 bits per heavy atom. The second-order valence-corrected chi connectivity index (χ2v) is 8.86. The molecule has 4 rings (SSSR count). The maximum atomic E-state index is 13.3. The van der Waals surface area contributed by atoms with Crippen molar-refractivity contribution in [1.29, 1.82) is 0 Å². The Morgan fingerprint density at radius 1 is 0.824 bits per heavy atom. The van der Waals surface area contributed by atoms with Crippen molar-refractivity contribution >= 4 is 17.7 Å². The van der Waals surface area contributed by atoms with Crippen LogP contribution in [0.15, 0.2) is 54.6 Å². The highest BCUT2D eigenvalue weighted by Crippen LogP contribution is 2.18. The molecule has 2 aromatic rings. The van der Waals surface area contributed by atoms with E-state index >= 15 is 0 Å². The van der Waals surface area contributed by atoms with Crippen molar-refractivity contribution in [2.45, 2.75) is 32.5 Å². The highest BCUT2D eigenvalue weighted by Gasteiger charge is 2.40. The van der Waals surface area contributed by atoms with Gasteiger partial charge in [-0.2, -0.15) is 0 Å². The van der Waals surface area contributed by atoms with Crippen LogP contribution in [0.3, 0.4) is 0 Å². The van der Waals surface area contributed by atoms with Crippen LogP contribution in [0, 0.1) is 5.82 Å². The lowest BCUT2D eigenvalue weighted by Crippen LogP contribution is -2.61. The maximum absolute atomic E-state index is 13.3. The Hall–Kier alpha value is -3.26. The lowest BCUT2D eigenvalue weighted by atomic mass is 10.1. The predicted octanol–water partition coefficient (Wildman–Crippen LogP) is 2.12. The molecule has 2 fully saturated rings. The van der Waals surface area contributed by atoms with Gasteiger partial charge >= 0.3 is 11.8 Å². The van der Waals surface area contributed by atoms with E-state index < -0.39 is 17.9 Å². The molecule has 1 atom stereocenters. The van der Waals surface area contributed by atoms with Gasteiger partial charge in [0.2, 0.25) is 5.91 Å². The minimum atomic E-state index is -0.642. The molecule has 0 aromatic heterocycles. The maximum Gasteiger partial charge on any atom is 0.312 e. The van der Waals surface area contributed by atoms with Gasteiger partial charge in [-0.1, -0.05) is 49.4 Å². The van der Waals surface area contributed by atoms with Crippen LogP contribution in [0.2, 0.25) is 0 Å². The van der Waals surface area contributed by atoms with Crippen LogP contribution in [0.5, 0.6) is 0 Å². The van der Waals surface area contributed by atoms with Gasteiger partial charge in [0.1, 0.15) is 11.9 Å². The fourth-order valence-electron chi connectivity index (χ4n) is 4.66. The Morgan fingerprint density at radius 2 is 1.47 bits per heavy atom. The van der Waals surface area contributed by atoms with Gasteiger partial charge in [-0.15, -0.1) is 0 Å². The van der Waals surface area contributed by atoms with E-state index in [2.05, 4.69) is 17.0 Å². The number of hydrogen-bond acceptors (Lipinski definition) is 4. The molecule has 7 nitrogen and oxygen atoms in total. The number of amides is 3. The van der Waals surface area contributed by atoms with Gasteiger partial charge in [-0.25, -0.2) is 4.39 Å². The van der Waals surface area contributed by atoms with Gasteiger partial charge in [0.25, 0.3) is 0 Å². The van der Waals surface area contributed by atoms with Gasteiger partial charge < -0.3 is 14.7 Å². The molecular formula is C26H31FN4O3. The molecule has 3 amide bonds. The number of benzene rings is 2. The van der Waals surface area contributed by atoms with Gasteiger partial charge in [-0.3, -0.25) is 19.3 Å². The van der Waals surface area contributed by atoms with E-state index in [9.17, 15) is 18.8 Å². The van der Waals surface area contributed by atoms with Crippen molar-refractivity contribution in [2.24, 2.45) is 0 Å². The molecule has 0 aliphatic carbocycles. The summed E-state index contributed by atoms with van der Waals surface area (Å²) in [6, 6.07) is 15.5. The number of nitrogens with zero attached hydrogens (tertiary/aromatic N) is 4. The van der Waals surface area contributed by atoms with Crippen LogP contribution >= 0.6 is 0 Å². The van der Waals surface area contributed by atoms with E-state index in [-0.39, 0.29) is 18.3 Å². The first kappa shape index (κ1) is 23.9. The van der Waals surface area contributed by atoms with Crippen molar-refractivity contribution in [3.63, 3.8) is 0 Å². The molecular weight excluding hydrogens is 435 g/mol.